The van der Waals surface area contributed by atoms with E-state index in [0.717, 1.165) is 49.1 Å². The third-order valence-electron chi connectivity index (χ3n) is 5.00. The van der Waals surface area contributed by atoms with Crippen molar-refractivity contribution in [1.29, 1.82) is 0 Å². The molecule has 0 amide bonds. The molecule has 2 aliphatic rings. The van der Waals surface area contributed by atoms with Gasteiger partial charge in [-0.1, -0.05) is 6.07 Å². The zero-order valence-electron chi connectivity index (χ0n) is 13.9. The monoisotopic (exact) mass is 329 g/mol. The fourth-order valence-corrected chi connectivity index (χ4v) is 3.73. The summed E-state index contributed by atoms with van der Waals surface area (Å²) in [6.07, 6.45) is 1.34. The van der Waals surface area contributed by atoms with Crippen LogP contribution >= 0.6 is 0 Å². The Balaban J connectivity index is 1.41. The van der Waals surface area contributed by atoms with Crippen molar-refractivity contribution in [2.24, 2.45) is 5.92 Å². The van der Waals surface area contributed by atoms with Crippen molar-refractivity contribution in [2.75, 3.05) is 18.5 Å². The fraction of sp³-hybridized carbons (Fsp3) is 0.588. The Bertz CT molecular complexity index is 717. The zero-order valence-corrected chi connectivity index (χ0v) is 13.9. The van der Waals surface area contributed by atoms with E-state index in [1.54, 1.807) is 0 Å². The van der Waals surface area contributed by atoms with Gasteiger partial charge in [-0.2, -0.15) is 0 Å². The van der Waals surface area contributed by atoms with Gasteiger partial charge in [0.1, 0.15) is 18.2 Å². The molecule has 1 fully saturated rings. The van der Waals surface area contributed by atoms with Gasteiger partial charge in [-0.15, -0.1) is 10.2 Å². The molecule has 7 nitrogen and oxygen atoms in total. The molecule has 0 aromatic carbocycles. The van der Waals surface area contributed by atoms with Crippen LogP contribution in [0.5, 0.6) is 0 Å². The number of aliphatic hydroxyl groups excluding tert-OH is 1. The van der Waals surface area contributed by atoms with Gasteiger partial charge in [0.05, 0.1) is 12.7 Å². The molecule has 24 heavy (non-hydrogen) atoms. The Kier molecular flexibility index (Phi) is 4.20. The molecule has 1 saturated carbocycles. The van der Waals surface area contributed by atoms with Crippen LogP contribution in [0.1, 0.15) is 36.1 Å². The number of aliphatic hydroxyl groups is 1. The topological polar surface area (TPSA) is 85.1 Å². The minimum Gasteiger partial charge on any atom is -0.393 e. The van der Waals surface area contributed by atoms with E-state index < -0.39 is 0 Å². The molecule has 2 N–H and O–H groups in total. The summed E-state index contributed by atoms with van der Waals surface area (Å²) in [6, 6.07) is 5.92. The number of hydrogen-bond acceptors (Lipinski definition) is 6. The Morgan fingerprint density at radius 2 is 2.25 bits per heavy atom. The Morgan fingerprint density at radius 1 is 1.33 bits per heavy atom. The first-order valence-electron chi connectivity index (χ1n) is 8.56. The van der Waals surface area contributed by atoms with Crippen molar-refractivity contribution in [2.45, 2.75) is 44.9 Å². The number of hydrogen-bond donors (Lipinski definition) is 2. The van der Waals surface area contributed by atoms with Crippen molar-refractivity contribution < 1.29 is 9.84 Å². The minimum atomic E-state index is -0.319. The highest BCUT2D eigenvalue weighted by molar-refractivity contribution is 5.35. The van der Waals surface area contributed by atoms with Gasteiger partial charge in [-0.3, -0.25) is 0 Å². The van der Waals surface area contributed by atoms with E-state index in [2.05, 4.69) is 25.1 Å². The molecule has 2 aromatic rings. The Morgan fingerprint density at radius 3 is 3.12 bits per heavy atom. The molecule has 1 aliphatic heterocycles. The van der Waals surface area contributed by atoms with Crippen LogP contribution in [0.2, 0.25) is 0 Å². The standard InChI is InChI=1S/C17H23N5O2/c1-11-3-2-4-15(19-11)18-9-13-7-12(8-14(13)23)17-21-20-16-10-24-6-5-22(16)17/h2-4,12-14,23H,5-10H2,1H3,(H,18,19)/t12-,13+,14+/m0/s1. The molecule has 0 bridgehead atoms. The second kappa shape index (κ2) is 6.49. The predicted molar refractivity (Wildman–Crippen MR) is 88.6 cm³/mol. The largest absolute Gasteiger partial charge is 0.393 e. The quantitative estimate of drug-likeness (QED) is 0.884. The maximum Gasteiger partial charge on any atom is 0.159 e. The number of fused-ring (bicyclic) bond motifs is 1. The average Bonchev–Trinajstić information content (AvgIpc) is 3.16. The van der Waals surface area contributed by atoms with Gasteiger partial charge < -0.3 is 19.7 Å². The Hall–Kier alpha value is -1.99. The lowest BCUT2D eigenvalue weighted by Crippen LogP contribution is -2.22. The van der Waals surface area contributed by atoms with Crippen LogP contribution < -0.4 is 5.32 Å². The van der Waals surface area contributed by atoms with Gasteiger partial charge in [-0.25, -0.2) is 4.98 Å². The van der Waals surface area contributed by atoms with Crippen LogP contribution in [0.3, 0.4) is 0 Å². The summed E-state index contributed by atoms with van der Waals surface area (Å²) >= 11 is 0. The fourth-order valence-electron chi connectivity index (χ4n) is 3.73. The van der Waals surface area contributed by atoms with E-state index in [9.17, 15) is 5.11 Å². The van der Waals surface area contributed by atoms with Gasteiger partial charge in [0.25, 0.3) is 0 Å². The summed E-state index contributed by atoms with van der Waals surface area (Å²) < 4.78 is 7.59. The molecule has 3 atom stereocenters. The second-order valence-corrected chi connectivity index (χ2v) is 6.72. The molecule has 0 radical (unpaired) electrons. The van der Waals surface area contributed by atoms with E-state index in [-0.39, 0.29) is 17.9 Å². The summed E-state index contributed by atoms with van der Waals surface area (Å²) in [5.41, 5.74) is 0.988. The minimum absolute atomic E-state index is 0.199. The molecule has 4 rings (SSSR count). The first-order valence-corrected chi connectivity index (χ1v) is 8.56. The van der Waals surface area contributed by atoms with Gasteiger partial charge in [0.15, 0.2) is 5.82 Å². The van der Waals surface area contributed by atoms with E-state index in [4.69, 9.17) is 4.74 Å². The molecule has 128 valence electrons. The number of nitrogens with one attached hydrogen (secondary N) is 1. The maximum absolute atomic E-state index is 10.5. The summed E-state index contributed by atoms with van der Waals surface area (Å²) in [5.74, 6) is 3.23. The summed E-state index contributed by atoms with van der Waals surface area (Å²) in [4.78, 5) is 4.45. The van der Waals surface area contributed by atoms with Gasteiger partial charge >= 0.3 is 0 Å². The molecular weight excluding hydrogens is 306 g/mol. The molecule has 1 aliphatic carbocycles. The second-order valence-electron chi connectivity index (χ2n) is 6.72. The Labute approximate surface area is 141 Å². The average molecular weight is 329 g/mol. The number of aryl methyl sites for hydroxylation is 1. The predicted octanol–water partition coefficient (Wildman–Crippen LogP) is 1.48. The lowest BCUT2D eigenvalue weighted by Gasteiger charge is -2.18. The molecule has 0 unspecified atom stereocenters. The molecule has 2 aromatic heterocycles. The number of pyridine rings is 1. The maximum atomic E-state index is 10.5. The van der Waals surface area contributed by atoms with Gasteiger partial charge in [-0.05, 0) is 31.9 Å². The first kappa shape index (κ1) is 15.5. The normalized spacial score (nSPS) is 26.3. The van der Waals surface area contributed by atoms with Crippen LogP contribution in [-0.2, 0) is 17.9 Å². The van der Waals surface area contributed by atoms with Crippen LogP contribution in [0.25, 0.3) is 0 Å². The third-order valence-corrected chi connectivity index (χ3v) is 5.00. The molecule has 0 spiro atoms. The molecule has 0 saturated heterocycles. The highest BCUT2D eigenvalue weighted by atomic mass is 16.5. The zero-order chi connectivity index (χ0) is 16.5. The highest BCUT2D eigenvalue weighted by Gasteiger charge is 2.37. The van der Waals surface area contributed by atoms with Crippen molar-refractivity contribution in [3.63, 3.8) is 0 Å². The third kappa shape index (κ3) is 3.01. The lowest BCUT2D eigenvalue weighted by atomic mass is 10.0. The van der Waals surface area contributed by atoms with Gasteiger partial charge in [0, 0.05) is 30.6 Å². The summed E-state index contributed by atoms with van der Waals surface area (Å²) in [6.45, 7) is 4.74. The van der Waals surface area contributed by atoms with Crippen LogP contribution in [0.4, 0.5) is 5.82 Å². The van der Waals surface area contributed by atoms with E-state index in [1.165, 1.54) is 0 Å². The number of anilines is 1. The molecule has 3 heterocycles. The summed E-state index contributed by atoms with van der Waals surface area (Å²) in [7, 11) is 0. The first-order chi connectivity index (χ1) is 11.7. The van der Waals surface area contributed by atoms with Crippen LogP contribution in [0.15, 0.2) is 18.2 Å². The lowest BCUT2D eigenvalue weighted by molar-refractivity contribution is 0.0801. The van der Waals surface area contributed by atoms with Crippen molar-refractivity contribution in [3.8, 4) is 0 Å². The van der Waals surface area contributed by atoms with Crippen molar-refractivity contribution in [1.82, 2.24) is 19.7 Å². The smallest absolute Gasteiger partial charge is 0.159 e. The van der Waals surface area contributed by atoms with Crippen molar-refractivity contribution in [3.05, 3.63) is 35.5 Å². The number of ether oxygens (including phenoxy) is 1. The SMILES string of the molecule is Cc1cccc(NC[C@H]2C[C@H](c3nnc4n3CCOC4)C[C@H]2O)n1. The van der Waals surface area contributed by atoms with Crippen molar-refractivity contribution >= 4 is 5.82 Å². The summed E-state index contributed by atoms with van der Waals surface area (Å²) in [5, 5.41) is 22.4. The van der Waals surface area contributed by atoms with E-state index in [1.807, 2.05) is 25.1 Å². The molecule has 7 heteroatoms. The van der Waals surface area contributed by atoms with Gasteiger partial charge in [0.2, 0.25) is 0 Å². The number of rotatable bonds is 4. The van der Waals surface area contributed by atoms with Crippen LogP contribution in [-0.4, -0.2) is 44.1 Å². The number of aromatic nitrogens is 4. The molecular formula is C17H23N5O2. The number of nitrogens with zero attached hydrogens (tertiary/aromatic N) is 4. The van der Waals surface area contributed by atoms with E-state index in [0.29, 0.717) is 13.2 Å². The highest BCUT2D eigenvalue weighted by Crippen LogP contribution is 2.38. The van der Waals surface area contributed by atoms with Crippen LogP contribution in [0, 0.1) is 12.8 Å². The van der Waals surface area contributed by atoms with E-state index >= 15 is 0 Å².